The quantitative estimate of drug-likeness (QED) is 0.841. The van der Waals surface area contributed by atoms with Crippen LogP contribution in [-0.4, -0.2) is 16.8 Å². The van der Waals surface area contributed by atoms with Crippen LogP contribution >= 0.6 is 0 Å². The summed E-state index contributed by atoms with van der Waals surface area (Å²) in [7, 11) is 0. The summed E-state index contributed by atoms with van der Waals surface area (Å²) in [5.74, 6) is 2.15. The fourth-order valence-corrected chi connectivity index (χ4v) is 2.00. The number of benzene rings is 1. The van der Waals surface area contributed by atoms with Gasteiger partial charge in [0, 0.05) is 0 Å². The van der Waals surface area contributed by atoms with Crippen LogP contribution in [0.4, 0.5) is 0 Å². The van der Waals surface area contributed by atoms with Gasteiger partial charge < -0.3 is 14.9 Å². The molecule has 0 radical (unpaired) electrons. The number of hydrogen-bond acceptors (Lipinski definition) is 5. The highest BCUT2D eigenvalue weighted by molar-refractivity contribution is 5.36. The maximum absolute atomic E-state index is 5.67. The fourth-order valence-electron chi connectivity index (χ4n) is 2.00. The Balaban J connectivity index is 1.84. The van der Waals surface area contributed by atoms with Gasteiger partial charge in [-0.1, -0.05) is 18.2 Å². The molecule has 1 aromatic carbocycles. The molecule has 2 aromatic rings. The lowest BCUT2D eigenvalue weighted by Gasteiger charge is -2.22. The lowest BCUT2D eigenvalue weighted by molar-refractivity contribution is 0.239. The summed E-state index contributed by atoms with van der Waals surface area (Å²) in [4.78, 5) is 0. The number of ether oxygens (including phenoxy) is 1. The lowest BCUT2D eigenvalue weighted by atomic mass is 9.97. The maximum Gasteiger partial charge on any atom is 0.230 e. The first-order chi connectivity index (χ1) is 8.36. The highest BCUT2D eigenvalue weighted by Gasteiger charge is 2.25. The van der Waals surface area contributed by atoms with Gasteiger partial charge in [0.05, 0.1) is 12.5 Å². The van der Waals surface area contributed by atoms with Crippen molar-refractivity contribution in [2.24, 2.45) is 5.73 Å². The van der Waals surface area contributed by atoms with Crippen LogP contribution in [0, 0.1) is 0 Å². The molecule has 2 heterocycles. The van der Waals surface area contributed by atoms with E-state index in [0.29, 0.717) is 18.4 Å². The van der Waals surface area contributed by atoms with Gasteiger partial charge in [-0.15, -0.1) is 10.2 Å². The number of nitrogens with zero attached hydrogens (tertiary/aromatic N) is 2. The third-order valence-electron chi connectivity index (χ3n) is 2.89. The highest BCUT2D eigenvalue weighted by Crippen LogP contribution is 2.31. The van der Waals surface area contributed by atoms with Gasteiger partial charge in [0.25, 0.3) is 0 Å². The third-order valence-corrected chi connectivity index (χ3v) is 2.89. The largest absolute Gasteiger partial charge is 0.492 e. The fraction of sp³-hybridized carbons (Fsp3) is 0.333. The van der Waals surface area contributed by atoms with E-state index in [4.69, 9.17) is 14.9 Å². The monoisotopic (exact) mass is 231 g/mol. The van der Waals surface area contributed by atoms with Crippen LogP contribution in [0.2, 0.25) is 0 Å². The van der Waals surface area contributed by atoms with Crippen LogP contribution in [0.1, 0.15) is 23.3 Å². The van der Waals surface area contributed by atoms with Crippen molar-refractivity contribution >= 4 is 0 Å². The van der Waals surface area contributed by atoms with Gasteiger partial charge in [0.1, 0.15) is 12.4 Å². The van der Waals surface area contributed by atoms with E-state index < -0.39 is 0 Å². The second kappa shape index (κ2) is 4.18. The van der Waals surface area contributed by atoms with E-state index in [2.05, 4.69) is 16.3 Å². The van der Waals surface area contributed by atoms with Gasteiger partial charge in [0.2, 0.25) is 11.8 Å². The Morgan fingerprint density at radius 3 is 3.00 bits per heavy atom. The average Bonchev–Trinajstić information content (AvgIpc) is 2.87. The highest BCUT2D eigenvalue weighted by atomic mass is 16.5. The predicted molar refractivity (Wildman–Crippen MR) is 60.6 cm³/mol. The van der Waals surface area contributed by atoms with Crippen molar-refractivity contribution in [1.29, 1.82) is 0 Å². The molecule has 5 nitrogen and oxygen atoms in total. The number of para-hydroxylation sites is 1. The van der Waals surface area contributed by atoms with Crippen molar-refractivity contribution in [2.75, 3.05) is 6.61 Å². The zero-order valence-electron chi connectivity index (χ0n) is 9.30. The van der Waals surface area contributed by atoms with Crippen LogP contribution in [0.25, 0.3) is 0 Å². The van der Waals surface area contributed by atoms with Gasteiger partial charge in [-0.3, -0.25) is 0 Å². The van der Waals surface area contributed by atoms with E-state index in [1.54, 1.807) is 0 Å². The molecule has 0 saturated heterocycles. The number of nitrogens with two attached hydrogens (primary N) is 1. The molecule has 0 aliphatic carbocycles. The van der Waals surface area contributed by atoms with Crippen LogP contribution in [-0.2, 0) is 13.0 Å². The van der Waals surface area contributed by atoms with Crippen molar-refractivity contribution in [3.8, 4) is 5.75 Å². The molecule has 1 atom stereocenters. The smallest absolute Gasteiger partial charge is 0.230 e. The summed E-state index contributed by atoms with van der Waals surface area (Å²) in [6.45, 7) is 0.848. The zero-order chi connectivity index (χ0) is 11.7. The molecule has 0 amide bonds. The normalized spacial score (nSPS) is 18.5. The second-order valence-electron chi connectivity index (χ2n) is 4.06. The van der Waals surface area contributed by atoms with Crippen LogP contribution < -0.4 is 10.5 Å². The van der Waals surface area contributed by atoms with Crippen molar-refractivity contribution in [3.63, 3.8) is 0 Å². The summed E-state index contributed by atoms with van der Waals surface area (Å²) in [5, 5.41) is 7.88. The van der Waals surface area contributed by atoms with Crippen molar-refractivity contribution in [2.45, 2.75) is 18.9 Å². The molecular formula is C12H13N3O2. The Bertz CT molecular complexity index is 524. The van der Waals surface area contributed by atoms with Crippen molar-refractivity contribution in [1.82, 2.24) is 10.2 Å². The van der Waals surface area contributed by atoms with E-state index in [-0.39, 0.29) is 12.5 Å². The van der Waals surface area contributed by atoms with Gasteiger partial charge in [-0.25, -0.2) is 0 Å². The summed E-state index contributed by atoms with van der Waals surface area (Å²) in [5.41, 5.74) is 6.62. The van der Waals surface area contributed by atoms with E-state index >= 15 is 0 Å². The third kappa shape index (κ3) is 1.89. The number of fused-ring (bicyclic) bond motifs is 1. The van der Waals surface area contributed by atoms with Crippen molar-refractivity contribution < 1.29 is 9.15 Å². The summed E-state index contributed by atoms with van der Waals surface area (Å²) in [6.07, 6.45) is 0.863. The molecule has 0 fully saturated rings. The molecule has 17 heavy (non-hydrogen) atoms. The first-order valence-electron chi connectivity index (χ1n) is 5.60. The average molecular weight is 231 g/mol. The predicted octanol–water partition coefficient (Wildman–Crippen LogP) is 1.25. The molecule has 88 valence electrons. The van der Waals surface area contributed by atoms with Crippen LogP contribution in [0.5, 0.6) is 5.75 Å². The van der Waals surface area contributed by atoms with Crippen LogP contribution in [0.15, 0.2) is 28.7 Å². The van der Waals surface area contributed by atoms with E-state index in [1.165, 1.54) is 5.56 Å². The second-order valence-corrected chi connectivity index (χ2v) is 4.06. The lowest BCUT2D eigenvalue weighted by Crippen LogP contribution is -2.19. The van der Waals surface area contributed by atoms with Crippen LogP contribution in [0.3, 0.4) is 0 Å². The Hall–Kier alpha value is -1.88. The minimum atomic E-state index is 0.123. The molecule has 1 unspecified atom stereocenters. The Morgan fingerprint density at radius 1 is 1.29 bits per heavy atom. The van der Waals surface area contributed by atoms with E-state index in [0.717, 1.165) is 12.2 Å². The van der Waals surface area contributed by atoms with Gasteiger partial charge >= 0.3 is 0 Å². The van der Waals surface area contributed by atoms with Gasteiger partial charge in [0.15, 0.2) is 0 Å². The number of rotatable bonds is 2. The molecule has 1 aliphatic heterocycles. The first kappa shape index (κ1) is 10.3. The standard InChI is InChI=1S/C12H13N3O2/c13-6-11-14-15-12(17-11)9-5-8-3-1-2-4-10(8)16-7-9/h1-4,9H,5-7,13H2. The van der Waals surface area contributed by atoms with E-state index in [1.807, 2.05) is 18.2 Å². The summed E-state index contributed by atoms with van der Waals surface area (Å²) >= 11 is 0. The molecule has 3 rings (SSSR count). The minimum Gasteiger partial charge on any atom is -0.492 e. The number of hydrogen-bond donors (Lipinski definition) is 1. The van der Waals surface area contributed by atoms with Gasteiger partial charge in [-0.05, 0) is 18.1 Å². The summed E-state index contributed by atoms with van der Waals surface area (Å²) in [6, 6.07) is 8.01. The Morgan fingerprint density at radius 2 is 2.18 bits per heavy atom. The molecule has 0 spiro atoms. The molecule has 5 heteroatoms. The topological polar surface area (TPSA) is 74.2 Å². The van der Waals surface area contributed by atoms with E-state index in [9.17, 15) is 0 Å². The Kier molecular flexibility index (Phi) is 2.53. The Labute approximate surface area is 98.6 Å². The minimum absolute atomic E-state index is 0.123. The molecule has 1 aromatic heterocycles. The van der Waals surface area contributed by atoms with Gasteiger partial charge in [-0.2, -0.15) is 0 Å². The number of aromatic nitrogens is 2. The summed E-state index contributed by atoms with van der Waals surface area (Å²) < 4.78 is 11.1. The SMILES string of the molecule is NCc1nnc(C2COc3ccccc3C2)o1. The maximum atomic E-state index is 5.67. The first-order valence-corrected chi connectivity index (χ1v) is 5.60. The zero-order valence-corrected chi connectivity index (χ0v) is 9.30. The molecule has 1 aliphatic rings. The molecular weight excluding hydrogens is 218 g/mol. The molecule has 0 saturated carbocycles. The molecule has 2 N–H and O–H groups in total. The molecule has 0 bridgehead atoms. The van der Waals surface area contributed by atoms with Crippen molar-refractivity contribution in [3.05, 3.63) is 41.6 Å².